The Morgan fingerprint density at radius 2 is 2.25 bits per heavy atom. The van der Waals surface area contributed by atoms with Gasteiger partial charge in [0.15, 0.2) is 11.6 Å². The predicted molar refractivity (Wildman–Crippen MR) is 83.8 cm³/mol. The Hall–Kier alpha value is -2.54. The Morgan fingerprint density at radius 3 is 3.04 bits per heavy atom. The van der Waals surface area contributed by atoms with Crippen LogP contribution in [-0.2, 0) is 9.53 Å². The van der Waals surface area contributed by atoms with Gasteiger partial charge in [-0.05, 0) is 12.1 Å². The number of carbonyl (C=O) groups is 1. The van der Waals surface area contributed by atoms with E-state index < -0.39 is 5.82 Å². The quantitative estimate of drug-likeness (QED) is 0.838. The van der Waals surface area contributed by atoms with Crippen molar-refractivity contribution in [1.29, 1.82) is 0 Å². The highest BCUT2D eigenvalue weighted by Gasteiger charge is 2.26. The van der Waals surface area contributed by atoms with E-state index in [1.807, 2.05) is 0 Å². The lowest BCUT2D eigenvalue weighted by atomic mass is 10.2. The second kappa shape index (κ2) is 7.83. The van der Waals surface area contributed by atoms with Gasteiger partial charge in [-0.15, -0.1) is 0 Å². The molecule has 0 bridgehead atoms. The largest absolute Gasteiger partial charge is 0.490 e. The third-order valence-corrected chi connectivity index (χ3v) is 3.74. The Bertz CT molecular complexity index is 684. The average molecular weight is 331 g/mol. The van der Waals surface area contributed by atoms with E-state index in [1.165, 1.54) is 6.07 Å². The van der Waals surface area contributed by atoms with Crippen LogP contribution >= 0.6 is 0 Å². The Morgan fingerprint density at radius 1 is 1.38 bits per heavy atom. The normalized spacial score (nSPS) is 17.5. The number of hydrogen-bond donors (Lipinski definition) is 0. The van der Waals surface area contributed by atoms with Crippen LogP contribution < -0.4 is 4.74 Å². The van der Waals surface area contributed by atoms with Gasteiger partial charge in [0.05, 0.1) is 38.1 Å². The number of ether oxygens (including phenoxy) is 2. The van der Waals surface area contributed by atoms with Gasteiger partial charge in [-0.3, -0.25) is 14.8 Å². The van der Waals surface area contributed by atoms with Crippen LogP contribution in [0.4, 0.5) is 4.39 Å². The third-order valence-electron chi connectivity index (χ3n) is 3.74. The molecule has 3 rings (SSSR count). The summed E-state index contributed by atoms with van der Waals surface area (Å²) in [6.45, 7) is 1.53. The van der Waals surface area contributed by atoms with Crippen LogP contribution in [-0.4, -0.2) is 47.1 Å². The fourth-order valence-corrected chi connectivity index (χ4v) is 2.50. The van der Waals surface area contributed by atoms with Crippen molar-refractivity contribution >= 4 is 5.91 Å². The number of rotatable bonds is 5. The van der Waals surface area contributed by atoms with Gasteiger partial charge in [0.2, 0.25) is 5.91 Å². The lowest BCUT2D eigenvalue weighted by Crippen LogP contribution is -2.42. The van der Waals surface area contributed by atoms with E-state index >= 15 is 0 Å². The van der Waals surface area contributed by atoms with E-state index in [-0.39, 0.29) is 30.8 Å². The summed E-state index contributed by atoms with van der Waals surface area (Å²) >= 11 is 0. The van der Waals surface area contributed by atoms with Gasteiger partial charge in [0.1, 0.15) is 6.10 Å². The first-order valence-corrected chi connectivity index (χ1v) is 7.76. The molecule has 1 aliphatic rings. The van der Waals surface area contributed by atoms with Gasteiger partial charge >= 0.3 is 0 Å². The lowest BCUT2D eigenvalue weighted by Gasteiger charge is -2.32. The highest BCUT2D eigenvalue weighted by molar-refractivity contribution is 5.76. The van der Waals surface area contributed by atoms with Gasteiger partial charge in [-0.25, -0.2) is 4.39 Å². The molecule has 1 saturated heterocycles. The predicted octanol–water partition coefficient (Wildman–Crippen LogP) is 1.98. The molecule has 0 aliphatic carbocycles. The SMILES string of the molecule is O=C(CCOc1ccccc1F)N1CCOC(c2cnccn2)C1. The average Bonchev–Trinajstić information content (AvgIpc) is 2.64. The van der Waals surface area contributed by atoms with Crippen molar-refractivity contribution in [3.05, 3.63) is 54.4 Å². The van der Waals surface area contributed by atoms with Crippen molar-refractivity contribution in [2.24, 2.45) is 0 Å². The fraction of sp³-hybridized carbons (Fsp3) is 0.353. The highest BCUT2D eigenvalue weighted by Crippen LogP contribution is 2.20. The summed E-state index contributed by atoms with van der Waals surface area (Å²) < 4.78 is 24.4. The minimum absolute atomic E-state index is 0.0523. The maximum absolute atomic E-state index is 13.5. The van der Waals surface area contributed by atoms with Crippen molar-refractivity contribution in [2.45, 2.75) is 12.5 Å². The molecule has 1 amide bonds. The molecule has 0 saturated carbocycles. The van der Waals surface area contributed by atoms with E-state index in [9.17, 15) is 9.18 Å². The van der Waals surface area contributed by atoms with Crippen molar-refractivity contribution in [3.63, 3.8) is 0 Å². The Kier molecular flexibility index (Phi) is 5.32. The van der Waals surface area contributed by atoms with Crippen molar-refractivity contribution in [2.75, 3.05) is 26.3 Å². The standard InChI is InChI=1S/C17H18FN3O3/c18-13-3-1-2-4-15(13)23-9-5-17(22)21-8-10-24-16(12-21)14-11-19-6-7-20-14/h1-4,6-7,11,16H,5,8-10,12H2. The van der Waals surface area contributed by atoms with Gasteiger partial charge in [-0.2, -0.15) is 0 Å². The smallest absolute Gasteiger partial charge is 0.226 e. The van der Waals surface area contributed by atoms with E-state index in [4.69, 9.17) is 9.47 Å². The van der Waals surface area contributed by atoms with E-state index in [0.29, 0.717) is 25.4 Å². The number of para-hydroxylation sites is 1. The number of amides is 1. The summed E-state index contributed by atoms with van der Waals surface area (Å²) in [6, 6.07) is 6.14. The number of nitrogens with zero attached hydrogens (tertiary/aromatic N) is 3. The number of halogens is 1. The monoisotopic (exact) mass is 331 g/mol. The van der Waals surface area contributed by atoms with Gasteiger partial charge in [0, 0.05) is 18.9 Å². The maximum Gasteiger partial charge on any atom is 0.226 e. The first kappa shape index (κ1) is 16.3. The molecule has 7 heteroatoms. The van der Waals surface area contributed by atoms with Gasteiger partial charge < -0.3 is 14.4 Å². The van der Waals surface area contributed by atoms with Crippen molar-refractivity contribution in [1.82, 2.24) is 14.9 Å². The van der Waals surface area contributed by atoms with Crippen LogP contribution in [0.25, 0.3) is 0 Å². The summed E-state index contributed by atoms with van der Waals surface area (Å²) in [5, 5.41) is 0. The fourth-order valence-electron chi connectivity index (χ4n) is 2.50. The number of aromatic nitrogens is 2. The molecule has 0 N–H and O–H groups in total. The van der Waals surface area contributed by atoms with E-state index in [0.717, 1.165) is 0 Å². The molecule has 1 fully saturated rings. The molecule has 0 spiro atoms. The topological polar surface area (TPSA) is 64.5 Å². The number of hydrogen-bond acceptors (Lipinski definition) is 5. The molecular formula is C17H18FN3O3. The molecule has 1 aromatic carbocycles. The van der Waals surface area contributed by atoms with Crippen LogP contribution in [0.1, 0.15) is 18.2 Å². The molecule has 1 unspecified atom stereocenters. The first-order chi connectivity index (χ1) is 11.7. The zero-order chi connectivity index (χ0) is 16.8. The molecule has 24 heavy (non-hydrogen) atoms. The molecule has 1 aromatic heterocycles. The van der Waals surface area contributed by atoms with Crippen molar-refractivity contribution in [3.8, 4) is 5.75 Å². The lowest BCUT2D eigenvalue weighted by molar-refractivity contribution is -0.139. The summed E-state index contributed by atoms with van der Waals surface area (Å²) in [6.07, 6.45) is 4.74. The number of benzene rings is 1. The maximum atomic E-state index is 13.5. The van der Waals surface area contributed by atoms with Crippen LogP contribution in [0, 0.1) is 5.82 Å². The molecule has 6 nitrogen and oxygen atoms in total. The summed E-state index contributed by atoms with van der Waals surface area (Å²) in [5.74, 6) is -0.327. The molecular weight excluding hydrogens is 313 g/mol. The zero-order valence-corrected chi connectivity index (χ0v) is 13.1. The minimum atomic E-state index is -0.431. The van der Waals surface area contributed by atoms with E-state index in [2.05, 4.69) is 9.97 Å². The number of morpholine rings is 1. The molecule has 2 aromatic rings. The second-order valence-electron chi connectivity index (χ2n) is 5.36. The summed E-state index contributed by atoms with van der Waals surface area (Å²) in [7, 11) is 0. The zero-order valence-electron chi connectivity index (χ0n) is 13.1. The Balaban J connectivity index is 1.50. The Labute approximate surface area is 139 Å². The first-order valence-electron chi connectivity index (χ1n) is 7.76. The minimum Gasteiger partial charge on any atom is -0.490 e. The third kappa shape index (κ3) is 4.05. The van der Waals surface area contributed by atoms with Crippen molar-refractivity contribution < 1.29 is 18.7 Å². The molecule has 126 valence electrons. The number of carbonyl (C=O) groups excluding carboxylic acids is 1. The van der Waals surface area contributed by atoms with E-state index in [1.54, 1.807) is 41.7 Å². The second-order valence-corrected chi connectivity index (χ2v) is 5.36. The molecule has 1 aliphatic heterocycles. The summed E-state index contributed by atoms with van der Waals surface area (Å²) in [5.41, 5.74) is 0.706. The highest BCUT2D eigenvalue weighted by atomic mass is 19.1. The molecule has 0 radical (unpaired) electrons. The van der Waals surface area contributed by atoms with Gasteiger partial charge in [0.25, 0.3) is 0 Å². The molecule has 2 heterocycles. The summed E-state index contributed by atoms with van der Waals surface area (Å²) in [4.78, 5) is 22.3. The van der Waals surface area contributed by atoms with Crippen LogP contribution in [0.5, 0.6) is 5.75 Å². The van der Waals surface area contributed by atoms with Crippen LogP contribution in [0.3, 0.4) is 0 Å². The van der Waals surface area contributed by atoms with Crippen LogP contribution in [0.2, 0.25) is 0 Å². The van der Waals surface area contributed by atoms with Crippen LogP contribution in [0.15, 0.2) is 42.9 Å². The van der Waals surface area contributed by atoms with Gasteiger partial charge in [-0.1, -0.05) is 12.1 Å². The molecule has 1 atom stereocenters.